The van der Waals surface area contributed by atoms with Crippen molar-refractivity contribution in [1.82, 2.24) is 14.8 Å². The summed E-state index contributed by atoms with van der Waals surface area (Å²) in [6.07, 6.45) is 3.16. The molecule has 5 nitrogen and oxygen atoms in total. The van der Waals surface area contributed by atoms with Gasteiger partial charge in [-0.25, -0.2) is 4.39 Å². The predicted octanol–water partition coefficient (Wildman–Crippen LogP) is 5.11. The minimum absolute atomic E-state index is 0.0412. The minimum atomic E-state index is -1.48. The van der Waals surface area contributed by atoms with E-state index in [1.807, 2.05) is 30.3 Å². The molecule has 2 aliphatic rings. The average Bonchev–Trinajstić information content (AvgIpc) is 2.81. The summed E-state index contributed by atoms with van der Waals surface area (Å²) in [6, 6.07) is 16.8. The summed E-state index contributed by atoms with van der Waals surface area (Å²) in [6.45, 7) is 2.77. The van der Waals surface area contributed by atoms with Gasteiger partial charge in [0.1, 0.15) is 12.4 Å². The average molecular weight is 500 g/mol. The summed E-state index contributed by atoms with van der Waals surface area (Å²) in [5.41, 5.74) is 1.16. The van der Waals surface area contributed by atoms with Gasteiger partial charge in [-0.1, -0.05) is 47.5 Å². The van der Waals surface area contributed by atoms with Gasteiger partial charge in [-0.15, -0.1) is 0 Å². The highest BCUT2D eigenvalue weighted by Crippen LogP contribution is 2.37. The number of carbonyl (C=O) groups excluding carboxylic acids is 1. The van der Waals surface area contributed by atoms with Crippen LogP contribution >= 0.6 is 23.2 Å². The number of amides is 1. The number of halogens is 3. The largest absolute Gasteiger partial charge is 0.489 e. The molecule has 2 fully saturated rings. The first-order chi connectivity index (χ1) is 16.4. The predicted molar refractivity (Wildman–Crippen MR) is 130 cm³/mol. The zero-order valence-electron chi connectivity index (χ0n) is 18.5. The second kappa shape index (κ2) is 9.53. The number of hydrogen-bond donors (Lipinski definition) is 0. The highest BCUT2D eigenvalue weighted by Gasteiger charge is 2.49. The molecule has 8 heteroatoms. The van der Waals surface area contributed by atoms with E-state index in [4.69, 9.17) is 27.9 Å². The van der Waals surface area contributed by atoms with Crippen molar-refractivity contribution in [1.29, 1.82) is 0 Å². The van der Waals surface area contributed by atoms with Gasteiger partial charge in [0, 0.05) is 37.6 Å². The number of carbonyl (C=O) groups is 1. The summed E-state index contributed by atoms with van der Waals surface area (Å²) in [4.78, 5) is 20.5. The maximum Gasteiger partial charge on any atom is 0.228 e. The van der Waals surface area contributed by atoms with Crippen molar-refractivity contribution in [2.45, 2.75) is 18.8 Å². The van der Waals surface area contributed by atoms with Crippen LogP contribution in [-0.4, -0.2) is 46.9 Å². The Hall–Kier alpha value is -2.67. The van der Waals surface area contributed by atoms with Gasteiger partial charge in [-0.3, -0.25) is 14.7 Å². The molecule has 0 bridgehead atoms. The van der Waals surface area contributed by atoms with Crippen molar-refractivity contribution in [3.8, 4) is 5.75 Å². The number of aromatic nitrogens is 1. The van der Waals surface area contributed by atoms with Gasteiger partial charge in [0.25, 0.3) is 0 Å². The summed E-state index contributed by atoms with van der Waals surface area (Å²) >= 11 is 12.0. The number of ether oxygens (including phenoxy) is 1. The zero-order valence-corrected chi connectivity index (χ0v) is 20.0. The van der Waals surface area contributed by atoms with Crippen LogP contribution in [0.4, 0.5) is 4.39 Å². The molecule has 176 valence electrons. The SMILES string of the molecule is O=C(C1CN(Cc2ccc(OCc3ccc(Cl)c(Cl)c3)cc2)C1)N1CC(F)(c2cccnc2)C1. The molecule has 3 heterocycles. The molecule has 5 rings (SSSR count). The standard InChI is InChI=1S/C26H24Cl2FN3O2/c27-23-8-5-19(10-24(23)28)15-34-22-6-3-18(4-7-22)12-31-13-20(14-31)25(33)32-16-26(29,17-32)21-2-1-9-30-11-21/h1-11,20H,12-17H2. The van der Waals surface area contributed by atoms with Gasteiger partial charge in [0.05, 0.1) is 29.1 Å². The molecule has 1 amide bonds. The van der Waals surface area contributed by atoms with Gasteiger partial charge < -0.3 is 9.64 Å². The Morgan fingerprint density at radius 1 is 1.06 bits per heavy atom. The van der Waals surface area contributed by atoms with Crippen LogP contribution in [0.3, 0.4) is 0 Å². The van der Waals surface area contributed by atoms with Gasteiger partial charge in [-0.05, 0) is 41.5 Å². The number of benzene rings is 2. The van der Waals surface area contributed by atoms with Crippen molar-refractivity contribution in [2.75, 3.05) is 26.2 Å². The summed E-state index contributed by atoms with van der Waals surface area (Å²) in [5, 5.41) is 1.03. The van der Waals surface area contributed by atoms with Crippen LogP contribution in [0, 0.1) is 5.92 Å². The van der Waals surface area contributed by atoms with E-state index in [-0.39, 0.29) is 24.9 Å². The second-order valence-corrected chi connectivity index (χ2v) is 9.79. The molecule has 2 aliphatic heterocycles. The van der Waals surface area contributed by atoms with Gasteiger partial charge in [0.15, 0.2) is 5.67 Å². The van der Waals surface area contributed by atoms with Crippen LogP contribution in [0.15, 0.2) is 67.0 Å². The van der Waals surface area contributed by atoms with E-state index in [2.05, 4.69) is 9.88 Å². The number of hydrogen-bond acceptors (Lipinski definition) is 4. The van der Waals surface area contributed by atoms with Crippen molar-refractivity contribution >= 4 is 29.1 Å². The second-order valence-electron chi connectivity index (χ2n) is 8.97. The van der Waals surface area contributed by atoms with Crippen molar-refractivity contribution in [3.05, 3.63) is 93.7 Å². The van der Waals surface area contributed by atoms with Crippen LogP contribution in [0.5, 0.6) is 5.75 Å². The monoisotopic (exact) mass is 499 g/mol. The van der Waals surface area contributed by atoms with Gasteiger partial charge >= 0.3 is 0 Å². The molecule has 0 saturated carbocycles. The molecule has 2 saturated heterocycles. The third-order valence-electron chi connectivity index (χ3n) is 6.40. The minimum Gasteiger partial charge on any atom is -0.489 e. The Balaban J connectivity index is 1.05. The van der Waals surface area contributed by atoms with E-state index in [0.29, 0.717) is 35.3 Å². The van der Waals surface area contributed by atoms with E-state index in [1.165, 1.54) is 6.20 Å². The lowest BCUT2D eigenvalue weighted by Gasteiger charge is -2.48. The lowest BCUT2D eigenvalue weighted by molar-refractivity contribution is -0.156. The Morgan fingerprint density at radius 2 is 1.79 bits per heavy atom. The molecule has 0 spiro atoms. The number of pyridine rings is 1. The number of alkyl halides is 1. The Kier molecular flexibility index (Phi) is 6.47. The Labute approximate surface area is 208 Å². The van der Waals surface area contributed by atoms with E-state index < -0.39 is 5.67 Å². The van der Waals surface area contributed by atoms with E-state index in [0.717, 1.165) is 23.4 Å². The molecule has 0 aliphatic carbocycles. The normalized spacial score (nSPS) is 17.7. The third-order valence-corrected chi connectivity index (χ3v) is 7.14. The van der Waals surface area contributed by atoms with Crippen LogP contribution in [0.2, 0.25) is 10.0 Å². The summed E-state index contributed by atoms with van der Waals surface area (Å²) in [7, 11) is 0. The van der Waals surface area contributed by atoms with Crippen LogP contribution < -0.4 is 4.74 Å². The quantitative estimate of drug-likeness (QED) is 0.453. The fraction of sp³-hybridized carbons (Fsp3) is 0.308. The topological polar surface area (TPSA) is 45.7 Å². The van der Waals surface area contributed by atoms with Crippen molar-refractivity contribution < 1.29 is 13.9 Å². The highest BCUT2D eigenvalue weighted by atomic mass is 35.5. The number of nitrogens with zero attached hydrogens (tertiary/aromatic N) is 3. The fourth-order valence-corrected chi connectivity index (χ4v) is 4.70. The zero-order chi connectivity index (χ0) is 23.7. The molecule has 2 aromatic carbocycles. The summed E-state index contributed by atoms with van der Waals surface area (Å²) in [5.74, 6) is 0.749. The smallest absolute Gasteiger partial charge is 0.228 e. The third kappa shape index (κ3) is 4.90. The molecule has 3 aromatic rings. The number of rotatable bonds is 7. The van der Waals surface area contributed by atoms with Crippen molar-refractivity contribution in [2.24, 2.45) is 5.92 Å². The maximum atomic E-state index is 15.0. The molecule has 1 aromatic heterocycles. The van der Waals surface area contributed by atoms with Crippen LogP contribution in [0.1, 0.15) is 16.7 Å². The molecule has 0 atom stereocenters. The van der Waals surface area contributed by atoms with E-state index in [9.17, 15) is 9.18 Å². The fourth-order valence-electron chi connectivity index (χ4n) is 4.38. The number of likely N-dealkylation sites (tertiary alicyclic amines) is 2. The maximum absolute atomic E-state index is 15.0. The molecular weight excluding hydrogens is 476 g/mol. The lowest BCUT2D eigenvalue weighted by atomic mass is 9.86. The lowest BCUT2D eigenvalue weighted by Crippen LogP contribution is -2.63. The molecule has 34 heavy (non-hydrogen) atoms. The highest BCUT2D eigenvalue weighted by molar-refractivity contribution is 6.42. The molecule has 0 radical (unpaired) electrons. The first-order valence-corrected chi connectivity index (χ1v) is 11.9. The summed E-state index contributed by atoms with van der Waals surface area (Å²) < 4.78 is 20.8. The van der Waals surface area contributed by atoms with Crippen LogP contribution in [-0.2, 0) is 23.6 Å². The van der Waals surface area contributed by atoms with E-state index in [1.54, 1.807) is 35.4 Å². The first-order valence-electron chi connectivity index (χ1n) is 11.2. The first kappa shape index (κ1) is 23.1. The molecule has 0 unspecified atom stereocenters. The molecule has 0 N–H and O–H groups in total. The van der Waals surface area contributed by atoms with Crippen molar-refractivity contribution in [3.63, 3.8) is 0 Å². The van der Waals surface area contributed by atoms with Gasteiger partial charge in [0.2, 0.25) is 5.91 Å². The molecular formula is C26H24Cl2FN3O2. The van der Waals surface area contributed by atoms with Gasteiger partial charge in [-0.2, -0.15) is 0 Å². The Bertz CT molecular complexity index is 1160. The van der Waals surface area contributed by atoms with E-state index >= 15 is 0 Å². The Morgan fingerprint density at radius 3 is 2.47 bits per heavy atom. The van der Waals surface area contributed by atoms with Crippen LogP contribution in [0.25, 0.3) is 0 Å².